The van der Waals surface area contributed by atoms with Gasteiger partial charge in [0.2, 0.25) is 11.8 Å². The second kappa shape index (κ2) is 8.58. The van der Waals surface area contributed by atoms with E-state index in [2.05, 4.69) is 0 Å². The number of nitrogens with two attached hydrogens (primary N) is 1. The fourth-order valence-corrected chi connectivity index (χ4v) is 3.28. The SMILES string of the molecule is CN(CC(C)(C)CN)C(=O)C1CCN(c2cc(Cl)ccc2Cl)C1=O.Cl. The lowest BCUT2D eigenvalue weighted by molar-refractivity contribution is -0.139. The third-order valence-corrected chi connectivity index (χ3v) is 4.85. The van der Waals surface area contributed by atoms with E-state index in [0.29, 0.717) is 41.8 Å². The zero-order valence-corrected chi connectivity index (χ0v) is 16.9. The molecule has 8 heteroatoms. The largest absolute Gasteiger partial charge is 0.344 e. The zero-order valence-electron chi connectivity index (χ0n) is 14.6. The minimum atomic E-state index is -0.682. The van der Waals surface area contributed by atoms with Gasteiger partial charge in [-0.25, -0.2) is 0 Å². The molecule has 0 saturated carbocycles. The molecule has 1 atom stereocenters. The van der Waals surface area contributed by atoms with Gasteiger partial charge in [-0.1, -0.05) is 37.0 Å². The van der Waals surface area contributed by atoms with Gasteiger partial charge in [0.1, 0.15) is 5.92 Å². The molecule has 0 aliphatic carbocycles. The Kier molecular flexibility index (Phi) is 7.56. The van der Waals surface area contributed by atoms with Crippen LogP contribution in [0.15, 0.2) is 18.2 Å². The molecule has 1 fully saturated rings. The van der Waals surface area contributed by atoms with Crippen LogP contribution in [0.3, 0.4) is 0 Å². The summed E-state index contributed by atoms with van der Waals surface area (Å²) in [7, 11) is 1.71. The summed E-state index contributed by atoms with van der Waals surface area (Å²) in [5.41, 5.74) is 6.08. The van der Waals surface area contributed by atoms with Crippen LogP contribution in [-0.4, -0.2) is 43.4 Å². The molecule has 1 aromatic rings. The number of carbonyl (C=O) groups is 2. The Morgan fingerprint density at radius 2 is 2.04 bits per heavy atom. The van der Waals surface area contributed by atoms with Gasteiger partial charge in [-0.05, 0) is 36.6 Å². The molecule has 0 aromatic heterocycles. The van der Waals surface area contributed by atoms with Gasteiger partial charge in [0.05, 0.1) is 10.7 Å². The Bertz CT molecular complexity index is 652. The smallest absolute Gasteiger partial charge is 0.239 e. The molecule has 0 radical (unpaired) electrons. The first kappa shape index (κ1) is 22.0. The van der Waals surface area contributed by atoms with Crippen LogP contribution < -0.4 is 10.6 Å². The molecule has 1 saturated heterocycles. The number of hydrogen-bond acceptors (Lipinski definition) is 3. The minimum absolute atomic E-state index is 0. The zero-order chi connectivity index (χ0) is 18.1. The molecular weight excluding hydrogens is 385 g/mol. The molecule has 2 rings (SSSR count). The lowest BCUT2D eigenvalue weighted by Crippen LogP contribution is -2.44. The molecule has 5 nitrogen and oxygen atoms in total. The van der Waals surface area contributed by atoms with Crippen LogP contribution in [0.1, 0.15) is 20.3 Å². The minimum Gasteiger partial charge on any atom is -0.344 e. The molecule has 1 aromatic carbocycles. The van der Waals surface area contributed by atoms with Crippen LogP contribution in [-0.2, 0) is 9.59 Å². The predicted octanol–water partition coefficient (Wildman–Crippen LogP) is 3.21. The monoisotopic (exact) mass is 407 g/mol. The highest BCUT2D eigenvalue weighted by Gasteiger charge is 2.40. The van der Waals surface area contributed by atoms with E-state index in [1.54, 1.807) is 35.0 Å². The van der Waals surface area contributed by atoms with Crippen molar-refractivity contribution in [1.29, 1.82) is 0 Å². The molecule has 1 aliphatic heterocycles. The van der Waals surface area contributed by atoms with Gasteiger partial charge in [0, 0.05) is 25.2 Å². The van der Waals surface area contributed by atoms with Crippen molar-refractivity contribution in [3.05, 3.63) is 28.2 Å². The van der Waals surface area contributed by atoms with Crippen molar-refractivity contribution >= 4 is 53.1 Å². The third-order valence-electron chi connectivity index (χ3n) is 4.30. The Morgan fingerprint density at radius 1 is 1.40 bits per heavy atom. The van der Waals surface area contributed by atoms with E-state index in [0.717, 1.165) is 0 Å². The van der Waals surface area contributed by atoms with Gasteiger partial charge in [0.15, 0.2) is 0 Å². The summed E-state index contributed by atoms with van der Waals surface area (Å²) in [5.74, 6) is -1.10. The van der Waals surface area contributed by atoms with Crippen molar-refractivity contribution in [2.45, 2.75) is 20.3 Å². The summed E-state index contributed by atoms with van der Waals surface area (Å²) >= 11 is 12.2. The van der Waals surface area contributed by atoms with Gasteiger partial charge >= 0.3 is 0 Å². The second-order valence-electron chi connectivity index (χ2n) is 6.99. The van der Waals surface area contributed by atoms with E-state index >= 15 is 0 Å². The molecule has 2 N–H and O–H groups in total. The van der Waals surface area contributed by atoms with Gasteiger partial charge < -0.3 is 15.5 Å². The molecule has 25 heavy (non-hydrogen) atoms. The van der Waals surface area contributed by atoms with Crippen LogP contribution in [0.2, 0.25) is 10.0 Å². The average molecular weight is 409 g/mol. The first-order valence-electron chi connectivity index (χ1n) is 7.88. The molecule has 140 valence electrons. The predicted molar refractivity (Wildman–Crippen MR) is 105 cm³/mol. The maximum absolute atomic E-state index is 12.7. The molecule has 0 bridgehead atoms. The van der Waals surface area contributed by atoms with E-state index in [4.69, 9.17) is 28.9 Å². The standard InChI is InChI=1S/C17H23Cl2N3O2.ClH/c1-17(2,9-20)10-21(3)15(23)12-6-7-22(16(12)24)14-8-11(18)4-5-13(14)19;/h4-5,8,12H,6-7,9-10,20H2,1-3H3;1H. The first-order chi connectivity index (χ1) is 11.2. The quantitative estimate of drug-likeness (QED) is 0.761. The number of amides is 2. The molecule has 1 heterocycles. The fraction of sp³-hybridized carbons (Fsp3) is 0.529. The van der Waals surface area contributed by atoms with Gasteiger partial charge in [-0.15, -0.1) is 12.4 Å². The van der Waals surface area contributed by atoms with E-state index in [-0.39, 0.29) is 29.6 Å². The third kappa shape index (κ3) is 5.00. The van der Waals surface area contributed by atoms with Gasteiger partial charge in [0.25, 0.3) is 0 Å². The highest BCUT2D eigenvalue weighted by Crippen LogP contribution is 2.34. The van der Waals surface area contributed by atoms with E-state index in [1.165, 1.54) is 0 Å². The van der Waals surface area contributed by atoms with Crippen molar-refractivity contribution < 1.29 is 9.59 Å². The number of hydrogen-bond donors (Lipinski definition) is 1. The summed E-state index contributed by atoms with van der Waals surface area (Å²) in [6, 6.07) is 4.96. The highest BCUT2D eigenvalue weighted by atomic mass is 35.5. The maximum Gasteiger partial charge on any atom is 0.239 e. The maximum atomic E-state index is 12.7. The van der Waals surface area contributed by atoms with Crippen LogP contribution in [0, 0.1) is 11.3 Å². The van der Waals surface area contributed by atoms with E-state index in [9.17, 15) is 9.59 Å². The van der Waals surface area contributed by atoms with Crippen molar-refractivity contribution in [2.75, 3.05) is 31.6 Å². The van der Waals surface area contributed by atoms with Crippen molar-refractivity contribution in [1.82, 2.24) is 4.90 Å². The summed E-state index contributed by atoms with van der Waals surface area (Å²) < 4.78 is 0. The normalized spacial score (nSPS) is 17.4. The van der Waals surface area contributed by atoms with E-state index in [1.807, 2.05) is 13.8 Å². The number of nitrogens with zero attached hydrogens (tertiary/aromatic N) is 2. The Balaban J connectivity index is 0.00000312. The van der Waals surface area contributed by atoms with Crippen molar-refractivity contribution in [3.63, 3.8) is 0 Å². The fourth-order valence-electron chi connectivity index (χ4n) is 2.89. The number of rotatable bonds is 5. The Hall–Kier alpha value is -1.01. The number of anilines is 1. The molecule has 2 amide bonds. The molecular formula is C17H24Cl3N3O2. The summed E-state index contributed by atoms with van der Waals surface area (Å²) in [5, 5.41) is 0.942. The van der Waals surface area contributed by atoms with Crippen LogP contribution >= 0.6 is 35.6 Å². The van der Waals surface area contributed by atoms with Crippen molar-refractivity contribution in [3.8, 4) is 0 Å². The molecule has 1 aliphatic rings. The summed E-state index contributed by atoms with van der Waals surface area (Å²) in [4.78, 5) is 28.5. The Labute approximate surface area is 164 Å². The van der Waals surface area contributed by atoms with Gasteiger partial charge in [-0.3, -0.25) is 9.59 Å². The van der Waals surface area contributed by atoms with Crippen LogP contribution in [0.25, 0.3) is 0 Å². The Morgan fingerprint density at radius 3 is 2.64 bits per heavy atom. The summed E-state index contributed by atoms with van der Waals surface area (Å²) in [6.45, 7) is 5.40. The van der Waals surface area contributed by atoms with Crippen molar-refractivity contribution in [2.24, 2.45) is 17.1 Å². The summed E-state index contributed by atoms with van der Waals surface area (Å²) in [6.07, 6.45) is 0.466. The first-order valence-corrected chi connectivity index (χ1v) is 8.63. The van der Waals surface area contributed by atoms with Crippen LogP contribution in [0.5, 0.6) is 0 Å². The lowest BCUT2D eigenvalue weighted by Gasteiger charge is -2.30. The average Bonchev–Trinajstić information content (AvgIpc) is 2.90. The number of benzene rings is 1. The lowest BCUT2D eigenvalue weighted by atomic mass is 9.92. The molecule has 0 spiro atoms. The number of halogens is 3. The second-order valence-corrected chi connectivity index (χ2v) is 7.83. The van der Waals surface area contributed by atoms with E-state index < -0.39 is 5.92 Å². The topological polar surface area (TPSA) is 66.6 Å². The number of carbonyl (C=O) groups excluding carboxylic acids is 2. The highest BCUT2D eigenvalue weighted by molar-refractivity contribution is 6.36. The van der Waals surface area contributed by atoms with Crippen LogP contribution in [0.4, 0.5) is 5.69 Å². The van der Waals surface area contributed by atoms with Gasteiger partial charge in [-0.2, -0.15) is 0 Å². The molecule has 1 unspecified atom stereocenters.